The second-order valence-corrected chi connectivity index (χ2v) is 5.95. The van der Waals surface area contributed by atoms with Gasteiger partial charge < -0.3 is 14.3 Å². The number of carbonyl (C=O) groups is 1. The highest BCUT2D eigenvalue weighted by molar-refractivity contribution is 7.98. The molecule has 122 valence electrons. The Hall–Kier alpha value is -2.73. The molecule has 1 N–H and O–H groups in total. The van der Waals surface area contributed by atoms with E-state index < -0.39 is 0 Å². The van der Waals surface area contributed by atoms with Crippen LogP contribution < -0.4 is 10.9 Å². The Labute approximate surface area is 143 Å². The summed E-state index contributed by atoms with van der Waals surface area (Å²) in [5, 5.41) is 3.50. The van der Waals surface area contributed by atoms with Crippen LogP contribution in [-0.2, 0) is 6.54 Å². The number of carbonyl (C=O) groups excluding carboxylic acids is 1. The Morgan fingerprint density at radius 2 is 2.04 bits per heavy atom. The summed E-state index contributed by atoms with van der Waals surface area (Å²) < 4.78 is 7.02. The number of furan rings is 1. The van der Waals surface area contributed by atoms with E-state index in [1.807, 2.05) is 30.5 Å². The maximum Gasteiger partial charge on any atom is 0.291 e. The summed E-state index contributed by atoms with van der Waals surface area (Å²) in [5.41, 5.74) is 1.51. The van der Waals surface area contributed by atoms with Gasteiger partial charge in [0.2, 0.25) is 0 Å². The zero-order valence-electron chi connectivity index (χ0n) is 13.1. The molecule has 2 aromatic heterocycles. The molecule has 3 rings (SSSR count). The molecule has 2 heterocycles. The lowest BCUT2D eigenvalue weighted by molar-refractivity contribution is 0.0992. The highest BCUT2D eigenvalue weighted by atomic mass is 32.2. The molecule has 0 radical (unpaired) electrons. The van der Waals surface area contributed by atoms with Crippen molar-refractivity contribution in [2.45, 2.75) is 11.6 Å². The number of pyridine rings is 1. The van der Waals surface area contributed by atoms with Crippen molar-refractivity contribution in [1.82, 2.24) is 4.57 Å². The molecule has 0 aliphatic heterocycles. The first-order chi connectivity index (χ1) is 11.7. The summed E-state index contributed by atoms with van der Waals surface area (Å²) in [5.74, 6) is -0.0339. The van der Waals surface area contributed by atoms with Gasteiger partial charge in [-0.15, -0.1) is 0 Å². The second kappa shape index (κ2) is 7.23. The average Bonchev–Trinajstić information content (AvgIpc) is 3.07. The first-order valence-electron chi connectivity index (χ1n) is 7.35. The molecule has 0 unspecified atom stereocenters. The monoisotopic (exact) mass is 340 g/mol. The number of amides is 1. The van der Waals surface area contributed by atoms with Gasteiger partial charge in [0.1, 0.15) is 0 Å². The van der Waals surface area contributed by atoms with Gasteiger partial charge in [0.15, 0.2) is 10.9 Å². The van der Waals surface area contributed by atoms with Crippen molar-refractivity contribution in [2.24, 2.45) is 0 Å². The third-order valence-electron chi connectivity index (χ3n) is 3.44. The smallest absolute Gasteiger partial charge is 0.291 e. The molecular formula is C18H16N2O3S. The van der Waals surface area contributed by atoms with Crippen molar-refractivity contribution >= 4 is 23.4 Å². The number of rotatable bonds is 5. The summed E-state index contributed by atoms with van der Waals surface area (Å²) in [7, 11) is 0. The van der Waals surface area contributed by atoms with E-state index in [-0.39, 0.29) is 17.2 Å². The third kappa shape index (κ3) is 3.78. The quantitative estimate of drug-likeness (QED) is 0.723. The number of aromatic nitrogens is 1. The molecule has 24 heavy (non-hydrogen) atoms. The zero-order chi connectivity index (χ0) is 16.9. The van der Waals surface area contributed by atoms with Gasteiger partial charge >= 0.3 is 0 Å². The molecule has 1 aromatic carbocycles. The van der Waals surface area contributed by atoms with Gasteiger partial charge in [-0.2, -0.15) is 0 Å². The van der Waals surface area contributed by atoms with Crippen molar-refractivity contribution in [1.29, 1.82) is 0 Å². The number of anilines is 1. The SMILES string of the molecule is CSc1ccc(C(=O)Nc2cccc(Cn3ccccc3=O)c2)o1. The summed E-state index contributed by atoms with van der Waals surface area (Å²) in [6.07, 6.45) is 3.62. The number of thioether (sulfide) groups is 1. The van der Waals surface area contributed by atoms with Gasteiger partial charge in [0.05, 0.1) is 6.54 Å². The van der Waals surface area contributed by atoms with Crippen molar-refractivity contribution in [3.63, 3.8) is 0 Å². The van der Waals surface area contributed by atoms with Crippen LogP contribution in [0.1, 0.15) is 16.1 Å². The minimum absolute atomic E-state index is 0.0629. The number of benzene rings is 1. The first kappa shape index (κ1) is 16.1. The minimum atomic E-state index is -0.302. The van der Waals surface area contributed by atoms with E-state index >= 15 is 0 Å². The third-order valence-corrected chi connectivity index (χ3v) is 4.06. The van der Waals surface area contributed by atoms with E-state index in [4.69, 9.17) is 4.42 Å². The fourth-order valence-corrected chi connectivity index (χ4v) is 2.66. The Balaban J connectivity index is 1.74. The van der Waals surface area contributed by atoms with Gasteiger partial charge in [0.25, 0.3) is 11.5 Å². The molecule has 0 saturated carbocycles. The highest BCUT2D eigenvalue weighted by Crippen LogP contribution is 2.19. The fourth-order valence-electron chi connectivity index (χ4n) is 2.28. The van der Waals surface area contributed by atoms with Crippen molar-refractivity contribution in [2.75, 3.05) is 11.6 Å². The van der Waals surface area contributed by atoms with Crippen molar-refractivity contribution in [3.8, 4) is 0 Å². The minimum Gasteiger partial charge on any atom is -0.445 e. The van der Waals surface area contributed by atoms with Crippen LogP contribution in [0.15, 0.2) is 75.1 Å². The molecule has 0 bridgehead atoms. The lowest BCUT2D eigenvalue weighted by atomic mass is 10.2. The Morgan fingerprint density at radius 1 is 1.17 bits per heavy atom. The maximum absolute atomic E-state index is 12.2. The average molecular weight is 340 g/mol. The summed E-state index contributed by atoms with van der Waals surface area (Å²) in [4.78, 5) is 24.0. The normalized spacial score (nSPS) is 10.5. The molecular weight excluding hydrogens is 324 g/mol. The maximum atomic E-state index is 12.2. The lowest BCUT2D eigenvalue weighted by Crippen LogP contribution is -2.18. The lowest BCUT2D eigenvalue weighted by Gasteiger charge is -2.08. The number of nitrogens with zero attached hydrogens (tertiary/aromatic N) is 1. The van der Waals surface area contributed by atoms with Crippen LogP contribution in [-0.4, -0.2) is 16.7 Å². The van der Waals surface area contributed by atoms with Gasteiger partial charge in [-0.3, -0.25) is 9.59 Å². The molecule has 0 spiro atoms. The summed E-state index contributed by atoms with van der Waals surface area (Å²) >= 11 is 1.44. The zero-order valence-corrected chi connectivity index (χ0v) is 13.9. The van der Waals surface area contributed by atoms with E-state index in [0.29, 0.717) is 17.3 Å². The van der Waals surface area contributed by atoms with Crippen LogP contribution >= 0.6 is 11.8 Å². The van der Waals surface area contributed by atoms with E-state index in [1.165, 1.54) is 17.8 Å². The molecule has 0 aliphatic carbocycles. The molecule has 0 atom stereocenters. The molecule has 5 nitrogen and oxygen atoms in total. The van der Waals surface area contributed by atoms with Crippen LogP contribution in [0, 0.1) is 0 Å². The fraction of sp³-hybridized carbons (Fsp3) is 0.111. The van der Waals surface area contributed by atoms with Gasteiger partial charge in [-0.1, -0.05) is 30.0 Å². The molecule has 6 heteroatoms. The molecule has 0 saturated heterocycles. The summed E-state index contributed by atoms with van der Waals surface area (Å²) in [6, 6.07) is 15.8. The Bertz CT molecular complexity index is 914. The number of hydrogen-bond acceptors (Lipinski definition) is 4. The van der Waals surface area contributed by atoms with Crippen LogP contribution in [0.2, 0.25) is 0 Å². The van der Waals surface area contributed by atoms with Gasteiger partial charge in [-0.05, 0) is 42.2 Å². The van der Waals surface area contributed by atoms with Gasteiger partial charge in [-0.25, -0.2) is 0 Å². The standard InChI is InChI=1S/C18H16N2O3S/c1-24-17-9-8-15(23-17)18(22)19-14-6-4-5-13(11-14)12-20-10-3-2-7-16(20)21/h2-11H,12H2,1H3,(H,19,22). The van der Waals surface area contributed by atoms with Crippen LogP contribution in [0.3, 0.4) is 0 Å². The van der Waals surface area contributed by atoms with E-state index in [0.717, 1.165) is 5.56 Å². The number of hydrogen-bond donors (Lipinski definition) is 1. The van der Waals surface area contributed by atoms with E-state index in [2.05, 4.69) is 5.32 Å². The van der Waals surface area contributed by atoms with Crippen molar-refractivity contribution in [3.05, 3.63) is 82.5 Å². The predicted molar refractivity (Wildman–Crippen MR) is 94.7 cm³/mol. The van der Waals surface area contributed by atoms with Crippen molar-refractivity contribution < 1.29 is 9.21 Å². The Morgan fingerprint density at radius 3 is 2.79 bits per heavy atom. The van der Waals surface area contributed by atoms with E-state index in [9.17, 15) is 9.59 Å². The summed E-state index contributed by atoms with van der Waals surface area (Å²) in [6.45, 7) is 0.445. The predicted octanol–water partition coefficient (Wildman–Crippen LogP) is 3.46. The largest absolute Gasteiger partial charge is 0.445 e. The molecule has 0 fully saturated rings. The van der Waals surface area contributed by atoms with Crippen LogP contribution in [0.5, 0.6) is 0 Å². The number of nitrogens with one attached hydrogen (secondary N) is 1. The van der Waals surface area contributed by atoms with Crippen LogP contribution in [0.25, 0.3) is 0 Å². The highest BCUT2D eigenvalue weighted by Gasteiger charge is 2.11. The Kier molecular flexibility index (Phi) is 4.86. The first-order valence-corrected chi connectivity index (χ1v) is 8.58. The second-order valence-electron chi connectivity index (χ2n) is 5.14. The molecule has 1 amide bonds. The van der Waals surface area contributed by atoms with Gasteiger partial charge in [0, 0.05) is 18.0 Å². The molecule has 0 aliphatic rings. The topological polar surface area (TPSA) is 64.2 Å². The van der Waals surface area contributed by atoms with Crippen LogP contribution in [0.4, 0.5) is 5.69 Å². The van der Waals surface area contributed by atoms with E-state index in [1.54, 1.807) is 35.0 Å². The molecule has 3 aromatic rings.